The molecule has 0 aliphatic heterocycles. The zero-order valence-electron chi connectivity index (χ0n) is 16.4. The minimum absolute atomic E-state index is 0. The summed E-state index contributed by atoms with van der Waals surface area (Å²) in [6.45, 7) is 9.43. The molecule has 0 spiro atoms. The number of carbonyl (C=O) groups is 1. The Bertz CT molecular complexity index is 524. The summed E-state index contributed by atoms with van der Waals surface area (Å²) in [4.78, 5) is 18.2. The van der Waals surface area contributed by atoms with Crippen molar-refractivity contribution in [2.75, 3.05) is 33.2 Å². The number of rotatable bonds is 10. The average molecular weight is 475 g/mol. The Kier molecular flexibility index (Phi) is 14.0. The van der Waals surface area contributed by atoms with E-state index in [4.69, 9.17) is 0 Å². The number of aliphatic imine (C=N–C) groups is 1. The molecule has 6 nitrogen and oxygen atoms in total. The van der Waals surface area contributed by atoms with Crippen LogP contribution < -0.4 is 16.0 Å². The van der Waals surface area contributed by atoms with Crippen LogP contribution in [0.15, 0.2) is 35.3 Å². The molecule has 0 aliphatic rings. The van der Waals surface area contributed by atoms with Crippen LogP contribution in [0.25, 0.3) is 0 Å². The van der Waals surface area contributed by atoms with E-state index in [2.05, 4.69) is 64.1 Å². The van der Waals surface area contributed by atoms with E-state index in [0.29, 0.717) is 18.5 Å². The Morgan fingerprint density at radius 1 is 1.12 bits per heavy atom. The number of hydrogen-bond donors (Lipinski definition) is 3. The van der Waals surface area contributed by atoms with Crippen LogP contribution in [0.5, 0.6) is 0 Å². The van der Waals surface area contributed by atoms with Gasteiger partial charge in [0.05, 0.1) is 0 Å². The first kappa shape index (κ1) is 24.7. The Hall–Kier alpha value is -1.35. The molecule has 1 aromatic rings. The highest BCUT2D eigenvalue weighted by Crippen LogP contribution is 2.07. The van der Waals surface area contributed by atoms with E-state index in [-0.39, 0.29) is 36.4 Å². The van der Waals surface area contributed by atoms with Gasteiger partial charge in [-0.1, -0.05) is 30.3 Å². The van der Waals surface area contributed by atoms with Crippen molar-refractivity contribution in [2.24, 2.45) is 4.99 Å². The van der Waals surface area contributed by atoms with Gasteiger partial charge in [-0.15, -0.1) is 24.0 Å². The summed E-state index contributed by atoms with van der Waals surface area (Å²) in [7, 11) is 2.14. The Morgan fingerprint density at radius 2 is 1.77 bits per heavy atom. The molecule has 1 unspecified atom stereocenters. The monoisotopic (exact) mass is 475 g/mol. The van der Waals surface area contributed by atoms with E-state index < -0.39 is 0 Å². The van der Waals surface area contributed by atoms with E-state index >= 15 is 0 Å². The summed E-state index contributed by atoms with van der Waals surface area (Å²) in [5, 5.41) is 9.22. The van der Waals surface area contributed by atoms with Gasteiger partial charge >= 0.3 is 0 Å². The van der Waals surface area contributed by atoms with Gasteiger partial charge in [0.25, 0.3) is 0 Å². The normalized spacial score (nSPS) is 12.3. The fourth-order valence-electron chi connectivity index (χ4n) is 2.39. The number of nitrogens with zero attached hydrogens (tertiary/aromatic N) is 2. The Balaban J connectivity index is 0.00000625. The van der Waals surface area contributed by atoms with Crippen LogP contribution in [0.2, 0.25) is 0 Å². The molecular formula is C19H34IN5O. The van der Waals surface area contributed by atoms with Gasteiger partial charge in [0, 0.05) is 32.2 Å². The Morgan fingerprint density at radius 3 is 2.38 bits per heavy atom. The van der Waals surface area contributed by atoms with Crippen molar-refractivity contribution in [3.8, 4) is 0 Å². The molecule has 1 rings (SSSR count). The van der Waals surface area contributed by atoms with E-state index in [1.54, 1.807) is 0 Å². The second-order valence-corrected chi connectivity index (χ2v) is 6.11. The molecular weight excluding hydrogens is 441 g/mol. The minimum Gasteiger partial charge on any atom is -0.357 e. The first-order valence-corrected chi connectivity index (χ1v) is 9.09. The predicted octanol–water partition coefficient (Wildman–Crippen LogP) is 2.21. The molecule has 0 aromatic heterocycles. The zero-order valence-corrected chi connectivity index (χ0v) is 18.7. The molecule has 0 saturated carbocycles. The summed E-state index contributed by atoms with van der Waals surface area (Å²) in [6, 6.07) is 10.9. The molecule has 26 heavy (non-hydrogen) atoms. The van der Waals surface area contributed by atoms with Crippen molar-refractivity contribution in [2.45, 2.75) is 39.8 Å². The first-order valence-electron chi connectivity index (χ1n) is 9.09. The van der Waals surface area contributed by atoms with Gasteiger partial charge in [-0.3, -0.25) is 9.69 Å². The van der Waals surface area contributed by atoms with Gasteiger partial charge in [-0.25, -0.2) is 4.99 Å². The maximum atomic E-state index is 11.5. The highest BCUT2D eigenvalue weighted by molar-refractivity contribution is 14.0. The summed E-state index contributed by atoms with van der Waals surface area (Å²) >= 11 is 0. The van der Waals surface area contributed by atoms with Gasteiger partial charge in [-0.05, 0) is 39.8 Å². The van der Waals surface area contributed by atoms with E-state index in [1.165, 1.54) is 5.56 Å². The van der Waals surface area contributed by atoms with Gasteiger partial charge in [-0.2, -0.15) is 0 Å². The van der Waals surface area contributed by atoms with Crippen LogP contribution in [0.1, 0.15) is 32.8 Å². The summed E-state index contributed by atoms with van der Waals surface area (Å²) in [5.74, 6) is 0.627. The largest absolute Gasteiger partial charge is 0.357 e. The number of likely N-dealkylation sites (N-methyl/N-ethyl adjacent to an activating group) is 1. The molecule has 0 fully saturated rings. The Labute approximate surface area is 175 Å². The van der Waals surface area contributed by atoms with Crippen LogP contribution >= 0.6 is 24.0 Å². The quantitative estimate of drug-likeness (QED) is 0.276. The van der Waals surface area contributed by atoms with E-state index in [9.17, 15) is 4.79 Å². The van der Waals surface area contributed by atoms with Crippen LogP contribution in [0.4, 0.5) is 0 Å². The lowest BCUT2D eigenvalue weighted by atomic mass is 10.1. The van der Waals surface area contributed by atoms with Crippen molar-refractivity contribution in [3.05, 3.63) is 35.9 Å². The summed E-state index contributed by atoms with van der Waals surface area (Å²) in [6.07, 6.45) is 0.995. The smallest absolute Gasteiger partial charge is 0.241 e. The van der Waals surface area contributed by atoms with Crippen LogP contribution in [-0.2, 0) is 11.3 Å². The third-order valence-electron chi connectivity index (χ3n) is 3.98. The highest BCUT2D eigenvalue weighted by atomic mass is 127. The van der Waals surface area contributed by atoms with Gasteiger partial charge in [0.15, 0.2) is 5.96 Å². The molecule has 0 bridgehead atoms. The van der Waals surface area contributed by atoms with Crippen molar-refractivity contribution >= 4 is 35.8 Å². The number of amides is 1. The number of benzene rings is 1. The van der Waals surface area contributed by atoms with Crippen LogP contribution in [0.3, 0.4) is 0 Å². The van der Waals surface area contributed by atoms with Gasteiger partial charge in [0.1, 0.15) is 6.54 Å². The van der Waals surface area contributed by atoms with Gasteiger partial charge < -0.3 is 16.0 Å². The molecule has 1 atom stereocenters. The molecule has 7 heteroatoms. The third kappa shape index (κ3) is 10.6. The third-order valence-corrected chi connectivity index (χ3v) is 3.98. The second-order valence-electron chi connectivity index (χ2n) is 6.11. The molecule has 1 aromatic carbocycles. The topological polar surface area (TPSA) is 68.8 Å². The highest BCUT2D eigenvalue weighted by Gasteiger charge is 2.10. The predicted molar refractivity (Wildman–Crippen MR) is 120 cm³/mol. The SMILES string of the molecule is CCNC(=O)CN=C(NCC)NCCC(C)N(C)Cc1ccccc1.I. The van der Waals surface area contributed by atoms with E-state index in [1.807, 2.05) is 19.9 Å². The fourth-order valence-corrected chi connectivity index (χ4v) is 2.39. The van der Waals surface area contributed by atoms with Crippen molar-refractivity contribution in [1.29, 1.82) is 0 Å². The number of halogens is 1. The maximum absolute atomic E-state index is 11.5. The minimum atomic E-state index is -0.0596. The number of guanidine groups is 1. The lowest BCUT2D eigenvalue weighted by molar-refractivity contribution is -0.119. The van der Waals surface area contributed by atoms with Crippen LogP contribution in [0, 0.1) is 0 Å². The number of hydrogen-bond acceptors (Lipinski definition) is 3. The summed E-state index contributed by atoms with van der Waals surface area (Å²) in [5.41, 5.74) is 1.32. The molecule has 0 heterocycles. The first-order chi connectivity index (χ1) is 12.1. The molecule has 0 aliphatic carbocycles. The van der Waals surface area contributed by atoms with Crippen molar-refractivity contribution in [3.63, 3.8) is 0 Å². The molecule has 3 N–H and O–H groups in total. The fraction of sp³-hybridized carbons (Fsp3) is 0.579. The maximum Gasteiger partial charge on any atom is 0.241 e. The summed E-state index contributed by atoms with van der Waals surface area (Å²) < 4.78 is 0. The second kappa shape index (κ2) is 14.8. The number of nitrogens with one attached hydrogen (secondary N) is 3. The molecule has 0 saturated heterocycles. The molecule has 1 amide bonds. The lowest BCUT2D eigenvalue weighted by Crippen LogP contribution is -2.40. The lowest BCUT2D eigenvalue weighted by Gasteiger charge is -2.25. The number of carbonyl (C=O) groups excluding carboxylic acids is 1. The van der Waals surface area contributed by atoms with Crippen molar-refractivity contribution < 1.29 is 4.79 Å². The van der Waals surface area contributed by atoms with E-state index in [0.717, 1.165) is 26.1 Å². The van der Waals surface area contributed by atoms with Crippen molar-refractivity contribution in [1.82, 2.24) is 20.9 Å². The molecule has 0 radical (unpaired) electrons. The van der Waals surface area contributed by atoms with Crippen LogP contribution in [-0.4, -0.2) is 56.0 Å². The zero-order chi connectivity index (χ0) is 18.5. The molecule has 148 valence electrons. The average Bonchev–Trinajstić information content (AvgIpc) is 2.60. The standard InChI is InChI=1S/C19H33N5O.HI/c1-5-20-18(25)14-23-19(21-6-2)22-13-12-16(3)24(4)15-17-10-8-7-9-11-17;/h7-11,16H,5-6,12-15H2,1-4H3,(H,20,25)(H2,21,22,23);1H. The van der Waals surface area contributed by atoms with Gasteiger partial charge in [0.2, 0.25) is 5.91 Å².